The van der Waals surface area contributed by atoms with Crippen LogP contribution < -0.4 is 10.6 Å². The summed E-state index contributed by atoms with van der Waals surface area (Å²) < 4.78 is 0. The molecule has 0 spiro atoms. The number of aryl methyl sites for hydroxylation is 2. The maximum atomic E-state index is 12.9. The van der Waals surface area contributed by atoms with Gasteiger partial charge in [0.2, 0.25) is 5.91 Å². The van der Waals surface area contributed by atoms with Crippen molar-refractivity contribution in [2.45, 2.75) is 45.6 Å². The molecule has 0 aromatic heterocycles. The smallest absolute Gasteiger partial charge is 0.253 e. The number of halogens is 2. The summed E-state index contributed by atoms with van der Waals surface area (Å²) >= 11 is 12.0. The van der Waals surface area contributed by atoms with E-state index in [1.807, 2.05) is 26.0 Å². The summed E-state index contributed by atoms with van der Waals surface area (Å²) in [5, 5.41) is 6.51. The average molecular weight is 419 g/mol. The van der Waals surface area contributed by atoms with Crippen molar-refractivity contribution < 1.29 is 9.59 Å². The number of hydrogen-bond acceptors (Lipinski definition) is 2. The van der Waals surface area contributed by atoms with E-state index in [0.717, 1.165) is 31.4 Å². The van der Waals surface area contributed by atoms with Gasteiger partial charge in [0.15, 0.2) is 0 Å². The minimum Gasteiger partial charge on any atom is -0.340 e. The summed E-state index contributed by atoms with van der Waals surface area (Å²) in [7, 11) is 0. The first-order chi connectivity index (χ1) is 13.4. The third-order valence-corrected chi connectivity index (χ3v) is 5.87. The highest BCUT2D eigenvalue weighted by atomic mass is 35.5. The Morgan fingerprint density at radius 2 is 1.82 bits per heavy atom. The number of rotatable bonds is 6. The van der Waals surface area contributed by atoms with E-state index >= 15 is 0 Å². The van der Waals surface area contributed by atoms with Gasteiger partial charge in [-0.1, -0.05) is 49.5 Å². The fourth-order valence-corrected chi connectivity index (χ4v) is 3.96. The largest absolute Gasteiger partial charge is 0.340 e. The molecule has 0 saturated heterocycles. The van der Waals surface area contributed by atoms with E-state index in [9.17, 15) is 9.59 Å². The van der Waals surface area contributed by atoms with Crippen LogP contribution in [-0.4, -0.2) is 17.9 Å². The van der Waals surface area contributed by atoms with Gasteiger partial charge in [-0.2, -0.15) is 0 Å². The molecular weight excluding hydrogens is 395 g/mol. The van der Waals surface area contributed by atoms with Crippen LogP contribution in [0.3, 0.4) is 0 Å². The molecular formula is C22H24Cl2N2O2. The van der Waals surface area contributed by atoms with Gasteiger partial charge in [-0.05, 0) is 66.6 Å². The Bertz CT molecular complexity index is 898. The molecule has 1 aliphatic carbocycles. The standard InChI is InChI=1S/C22H24Cl2N2O2/c1-3-13(2)20(26-21(27)18-10-8-16(23)12-19(18)24)22(28)25-17-9-7-14-5-4-6-15(14)11-17/h7-13,20H,3-6H2,1-2H3,(H,25,28)(H,26,27). The lowest BCUT2D eigenvalue weighted by Crippen LogP contribution is -2.47. The maximum Gasteiger partial charge on any atom is 0.253 e. The van der Waals surface area contributed by atoms with Crippen molar-refractivity contribution in [2.24, 2.45) is 5.92 Å². The second kappa shape index (κ2) is 8.97. The van der Waals surface area contributed by atoms with Gasteiger partial charge in [0.1, 0.15) is 6.04 Å². The van der Waals surface area contributed by atoms with Gasteiger partial charge >= 0.3 is 0 Å². The van der Waals surface area contributed by atoms with Crippen LogP contribution in [0.2, 0.25) is 10.0 Å². The predicted molar refractivity (Wildman–Crippen MR) is 114 cm³/mol. The average Bonchev–Trinajstić information content (AvgIpc) is 3.13. The van der Waals surface area contributed by atoms with Crippen LogP contribution in [-0.2, 0) is 17.6 Å². The Kier molecular flexibility index (Phi) is 6.63. The first-order valence-electron chi connectivity index (χ1n) is 9.57. The van der Waals surface area contributed by atoms with Gasteiger partial charge in [0.05, 0.1) is 10.6 Å². The zero-order valence-corrected chi connectivity index (χ0v) is 17.5. The molecule has 2 unspecified atom stereocenters. The maximum absolute atomic E-state index is 12.9. The number of amides is 2. The number of fused-ring (bicyclic) bond motifs is 1. The highest BCUT2D eigenvalue weighted by Crippen LogP contribution is 2.25. The van der Waals surface area contributed by atoms with Crippen molar-refractivity contribution in [3.63, 3.8) is 0 Å². The van der Waals surface area contributed by atoms with Crippen molar-refractivity contribution in [1.29, 1.82) is 0 Å². The van der Waals surface area contributed by atoms with Gasteiger partial charge in [-0.3, -0.25) is 9.59 Å². The first kappa shape index (κ1) is 20.7. The first-order valence-corrected chi connectivity index (χ1v) is 10.3. The van der Waals surface area contributed by atoms with E-state index < -0.39 is 11.9 Å². The number of carbonyl (C=O) groups is 2. The molecule has 2 aromatic rings. The normalized spacial score (nSPS) is 14.9. The lowest BCUT2D eigenvalue weighted by molar-refractivity contribution is -0.119. The van der Waals surface area contributed by atoms with Crippen LogP contribution in [0.15, 0.2) is 36.4 Å². The number of carbonyl (C=O) groups excluding carboxylic acids is 2. The summed E-state index contributed by atoms with van der Waals surface area (Å²) in [4.78, 5) is 25.6. The molecule has 148 valence electrons. The third kappa shape index (κ3) is 4.68. The molecule has 4 nitrogen and oxygen atoms in total. The number of benzene rings is 2. The van der Waals surface area contributed by atoms with E-state index in [1.54, 1.807) is 12.1 Å². The van der Waals surface area contributed by atoms with Crippen molar-refractivity contribution in [2.75, 3.05) is 5.32 Å². The quantitative estimate of drug-likeness (QED) is 0.671. The molecule has 0 heterocycles. The molecule has 2 atom stereocenters. The number of hydrogen-bond donors (Lipinski definition) is 2. The van der Waals surface area contributed by atoms with E-state index in [1.165, 1.54) is 17.2 Å². The fourth-order valence-electron chi connectivity index (χ4n) is 3.46. The molecule has 0 bridgehead atoms. The molecule has 0 saturated carbocycles. The van der Waals surface area contributed by atoms with Crippen LogP contribution in [0.25, 0.3) is 0 Å². The summed E-state index contributed by atoms with van der Waals surface area (Å²) in [5.41, 5.74) is 3.69. The Morgan fingerprint density at radius 1 is 1.07 bits per heavy atom. The van der Waals surface area contributed by atoms with Gasteiger partial charge in [-0.15, -0.1) is 0 Å². The van der Waals surface area contributed by atoms with E-state index in [4.69, 9.17) is 23.2 Å². The minimum atomic E-state index is -0.669. The van der Waals surface area contributed by atoms with Crippen LogP contribution in [0.1, 0.15) is 48.2 Å². The summed E-state index contributed by atoms with van der Waals surface area (Å²) in [6.07, 6.45) is 4.04. The van der Waals surface area contributed by atoms with Crippen LogP contribution in [0, 0.1) is 5.92 Å². The van der Waals surface area contributed by atoms with Gasteiger partial charge in [0.25, 0.3) is 5.91 Å². The molecule has 3 rings (SSSR count). The zero-order chi connectivity index (χ0) is 20.3. The van der Waals surface area contributed by atoms with Crippen LogP contribution in [0.4, 0.5) is 5.69 Å². The van der Waals surface area contributed by atoms with Gasteiger partial charge < -0.3 is 10.6 Å². The SMILES string of the molecule is CCC(C)C(NC(=O)c1ccc(Cl)cc1Cl)C(=O)Nc1ccc2c(c1)CCC2. The van der Waals surface area contributed by atoms with Crippen molar-refractivity contribution >= 4 is 40.7 Å². The lowest BCUT2D eigenvalue weighted by Gasteiger charge is -2.24. The topological polar surface area (TPSA) is 58.2 Å². The number of anilines is 1. The van der Waals surface area contributed by atoms with Crippen molar-refractivity contribution in [1.82, 2.24) is 5.32 Å². The molecule has 0 fully saturated rings. The number of nitrogens with one attached hydrogen (secondary N) is 2. The molecule has 0 radical (unpaired) electrons. The molecule has 2 N–H and O–H groups in total. The Labute approximate surface area is 175 Å². The van der Waals surface area contributed by atoms with Crippen LogP contribution >= 0.6 is 23.2 Å². The molecule has 1 aliphatic rings. The fraction of sp³-hybridized carbons (Fsp3) is 0.364. The summed E-state index contributed by atoms with van der Waals surface area (Å²) in [6, 6.07) is 10.0. The minimum absolute atomic E-state index is 0.0375. The summed E-state index contributed by atoms with van der Waals surface area (Å²) in [6.45, 7) is 3.93. The molecule has 2 amide bonds. The van der Waals surface area contributed by atoms with E-state index in [2.05, 4.69) is 16.7 Å². The predicted octanol–water partition coefficient (Wildman–Crippen LogP) is 5.27. The molecule has 28 heavy (non-hydrogen) atoms. The Balaban J connectivity index is 1.75. The second-order valence-electron chi connectivity index (χ2n) is 7.29. The van der Waals surface area contributed by atoms with Gasteiger partial charge in [0, 0.05) is 10.7 Å². The van der Waals surface area contributed by atoms with E-state index in [0.29, 0.717) is 10.6 Å². The lowest BCUT2D eigenvalue weighted by atomic mass is 9.97. The molecule has 0 aliphatic heterocycles. The van der Waals surface area contributed by atoms with E-state index in [-0.39, 0.29) is 16.8 Å². The van der Waals surface area contributed by atoms with Crippen molar-refractivity contribution in [3.8, 4) is 0 Å². The highest BCUT2D eigenvalue weighted by Gasteiger charge is 2.27. The Morgan fingerprint density at radius 3 is 2.54 bits per heavy atom. The monoisotopic (exact) mass is 418 g/mol. The van der Waals surface area contributed by atoms with Crippen molar-refractivity contribution in [3.05, 3.63) is 63.1 Å². The second-order valence-corrected chi connectivity index (χ2v) is 8.13. The molecule has 6 heteroatoms. The van der Waals surface area contributed by atoms with Crippen LogP contribution in [0.5, 0.6) is 0 Å². The Hall–Kier alpha value is -2.04. The molecule has 2 aromatic carbocycles. The third-order valence-electron chi connectivity index (χ3n) is 5.32. The highest BCUT2D eigenvalue weighted by molar-refractivity contribution is 6.36. The zero-order valence-electron chi connectivity index (χ0n) is 16.0. The summed E-state index contributed by atoms with van der Waals surface area (Å²) in [5.74, 6) is -0.661. The van der Waals surface area contributed by atoms with Gasteiger partial charge in [-0.25, -0.2) is 0 Å².